The molecule has 1 heterocycles. The average molecular weight is 391 g/mol. The molecular formula is C19H18FNO3S2. The van der Waals surface area contributed by atoms with E-state index in [-0.39, 0.29) is 22.3 Å². The fourth-order valence-corrected chi connectivity index (χ4v) is 5.29. The van der Waals surface area contributed by atoms with Crippen molar-refractivity contribution in [1.29, 1.82) is 0 Å². The lowest BCUT2D eigenvalue weighted by atomic mass is 10.1. The zero-order valence-corrected chi connectivity index (χ0v) is 15.9. The molecule has 4 nitrogen and oxygen atoms in total. The van der Waals surface area contributed by atoms with E-state index < -0.39 is 10.0 Å². The topological polar surface area (TPSA) is 57.6 Å². The van der Waals surface area contributed by atoms with Crippen LogP contribution in [0.5, 0.6) is 5.75 Å². The Kier molecular flexibility index (Phi) is 5.13. The minimum atomic E-state index is -3.71. The van der Waals surface area contributed by atoms with Gasteiger partial charge in [0.25, 0.3) is 10.0 Å². The zero-order chi connectivity index (χ0) is 18.9. The Morgan fingerprint density at radius 3 is 2.58 bits per heavy atom. The van der Waals surface area contributed by atoms with Gasteiger partial charge >= 0.3 is 0 Å². The largest absolute Gasteiger partial charge is 0.508 e. The normalized spacial score (nSPS) is 11.8. The molecule has 0 radical (unpaired) electrons. The molecule has 0 aliphatic heterocycles. The van der Waals surface area contributed by atoms with E-state index in [1.165, 1.54) is 29.6 Å². The SMILES string of the molecule is Cc1cccc(-c2ccc(S(=O)(=O)N(C)Cc3cccc(O)c3)s2)c1F. The summed E-state index contributed by atoms with van der Waals surface area (Å²) in [5, 5.41) is 9.52. The third-order valence-electron chi connectivity index (χ3n) is 4.02. The smallest absolute Gasteiger partial charge is 0.252 e. The quantitative estimate of drug-likeness (QED) is 0.702. The van der Waals surface area contributed by atoms with Gasteiger partial charge in [-0.1, -0.05) is 30.3 Å². The highest BCUT2D eigenvalue weighted by molar-refractivity contribution is 7.91. The monoisotopic (exact) mass is 391 g/mol. The van der Waals surface area contributed by atoms with Crippen LogP contribution in [0.15, 0.2) is 58.8 Å². The Morgan fingerprint density at radius 2 is 1.85 bits per heavy atom. The van der Waals surface area contributed by atoms with Gasteiger partial charge in [0, 0.05) is 24.0 Å². The Balaban J connectivity index is 1.88. The molecule has 3 rings (SSSR count). The van der Waals surface area contributed by atoms with E-state index in [1.807, 2.05) is 0 Å². The zero-order valence-electron chi connectivity index (χ0n) is 14.3. The van der Waals surface area contributed by atoms with Gasteiger partial charge < -0.3 is 5.11 Å². The fraction of sp³-hybridized carbons (Fsp3) is 0.158. The summed E-state index contributed by atoms with van der Waals surface area (Å²) in [6.07, 6.45) is 0. The van der Waals surface area contributed by atoms with Crippen LogP contribution >= 0.6 is 11.3 Å². The van der Waals surface area contributed by atoms with Crippen molar-refractivity contribution in [1.82, 2.24) is 4.31 Å². The van der Waals surface area contributed by atoms with E-state index in [0.717, 1.165) is 11.3 Å². The first-order valence-corrected chi connectivity index (χ1v) is 10.1. The van der Waals surface area contributed by atoms with Gasteiger partial charge in [-0.2, -0.15) is 4.31 Å². The summed E-state index contributed by atoms with van der Waals surface area (Å²) in [6.45, 7) is 1.80. The first-order chi connectivity index (χ1) is 12.3. The number of hydrogen-bond donors (Lipinski definition) is 1. The lowest BCUT2D eigenvalue weighted by Crippen LogP contribution is -2.25. The van der Waals surface area contributed by atoms with Crippen LogP contribution in [-0.4, -0.2) is 24.9 Å². The molecule has 0 fully saturated rings. The third kappa shape index (κ3) is 3.65. The van der Waals surface area contributed by atoms with Crippen LogP contribution in [0.3, 0.4) is 0 Å². The highest BCUT2D eigenvalue weighted by atomic mass is 32.2. The number of hydrogen-bond acceptors (Lipinski definition) is 4. The highest BCUT2D eigenvalue weighted by Gasteiger charge is 2.24. The van der Waals surface area contributed by atoms with Gasteiger partial charge in [-0.3, -0.25) is 0 Å². The molecule has 0 spiro atoms. The molecule has 0 unspecified atom stereocenters. The molecule has 0 saturated heterocycles. The molecule has 7 heteroatoms. The van der Waals surface area contributed by atoms with Gasteiger partial charge in [-0.15, -0.1) is 11.3 Å². The first kappa shape index (κ1) is 18.6. The van der Waals surface area contributed by atoms with Crippen molar-refractivity contribution in [2.45, 2.75) is 17.7 Å². The second kappa shape index (κ2) is 7.19. The highest BCUT2D eigenvalue weighted by Crippen LogP contribution is 2.34. The number of nitrogens with zero attached hydrogens (tertiary/aromatic N) is 1. The van der Waals surface area contributed by atoms with Crippen LogP contribution in [-0.2, 0) is 16.6 Å². The van der Waals surface area contributed by atoms with E-state index in [0.29, 0.717) is 21.6 Å². The summed E-state index contributed by atoms with van der Waals surface area (Å²) in [5.74, 6) is -0.256. The van der Waals surface area contributed by atoms with Crippen LogP contribution in [0, 0.1) is 12.7 Å². The molecule has 0 aliphatic carbocycles. The molecule has 26 heavy (non-hydrogen) atoms. The van der Waals surface area contributed by atoms with Crippen molar-refractivity contribution >= 4 is 21.4 Å². The molecule has 0 bridgehead atoms. The summed E-state index contributed by atoms with van der Waals surface area (Å²) in [4.78, 5) is 0.565. The number of rotatable bonds is 5. The van der Waals surface area contributed by atoms with Crippen molar-refractivity contribution in [3.63, 3.8) is 0 Å². The summed E-state index contributed by atoms with van der Waals surface area (Å²) < 4.78 is 41.3. The van der Waals surface area contributed by atoms with Crippen LogP contribution < -0.4 is 0 Å². The number of sulfonamides is 1. The lowest BCUT2D eigenvalue weighted by molar-refractivity contribution is 0.459. The number of phenolic OH excluding ortho intramolecular Hbond substituents is 1. The van der Waals surface area contributed by atoms with Gasteiger partial charge in [0.1, 0.15) is 15.8 Å². The van der Waals surface area contributed by atoms with Crippen molar-refractivity contribution in [3.8, 4) is 16.2 Å². The molecule has 0 saturated carbocycles. The van der Waals surface area contributed by atoms with Gasteiger partial charge in [-0.05, 0) is 42.3 Å². The second-order valence-corrected chi connectivity index (χ2v) is 9.34. The van der Waals surface area contributed by atoms with E-state index in [9.17, 15) is 17.9 Å². The number of phenols is 1. The number of aryl methyl sites for hydroxylation is 1. The van der Waals surface area contributed by atoms with Crippen LogP contribution in [0.25, 0.3) is 10.4 Å². The Morgan fingerprint density at radius 1 is 1.12 bits per heavy atom. The Hall–Kier alpha value is -2.22. The maximum atomic E-state index is 14.3. The average Bonchev–Trinajstić information content (AvgIpc) is 3.08. The Labute approximate surface area is 156 Å². The molecule has 1 aromatic heterocycles. The van der Waals surface area contributed by atoms with Gasteiger partial charge in [0.2, 0.25) is 0 Å². The molecule has 136 valence electrons. The standard InChI is InChI=1S/C19H18FNO3S2/c1-13-5-3-8-16(19(13)20)17-9-10-18(25-17)26(23,24)21(2)12-14-6-4-7-15(22)11-14/h3-11,22H,12H2,1-2H3. The van der Waals surface area contributed by atoms with Gasteiger partial charge in [-0.25, -0.2) is 12.8 Å². The molecule has 0 amide bonds. The molecule has 0 aliphatic rings. The number of aromatic hydroxyl groups is 1. The van der Waals surface area contributed by atoms with Gasteiger partial charge in [0.15, 0.2) is 0 Å². The van der Waals surface area contributed by atoms with Crippen molar-refractivity contribution in [2.75, 3.05) is 7.05 Å². The number of benzene rings is 2. The summed E-state index contributed by atoms with van der Waals surface area (Å²) >= 11 is 1.04. The lowest BCUT2D eigenvalue weighted by Gasteiger charge is -2.16. The van der Waals surface area contributed by atoms with Crippen LogP contribution in [0.4, 0.5) is 4.39 Å². The van der Waals surface area contributed by atoms with E-state index in [1.54, 1.807) is 43.3 Å². The maximum Gasteiger partial charge on any atom is 0.252 e. The van der Waals surface area contributed by atoms with Crippen molar-refractivity contribution in [2.24, 2.45) is 0 Å². The molecule has 3 aromatic rings. The molecule has 2 aromatic carbocycles. The van der Waals surface area contributed by atoms with E-state index in [2.05, 4.69) is 0 Å². The predicted molar refractivity (Wildman–Crippen MR) is 101 cm³/mol. The minimum absolute atomic E-state index is 0.0848. The Bertz CT molecular complexity index is 1040. The predicted octanol–water partition coefficient (Wildman–Crippen LogP) is 4.39. The number of thiophene rings is 1. The fourth-order valence-electron chi connectivity index (χ4n) is 2.59. The summed E-state index contributed by atoms with van der Waals surface area (Å²) in [7, 11) is -2.23. The van der Waals surface area contributed by atoms with Gasteiger partial charge in [0.05, 0.1) is 0 Å². The minimum Gasteiger partial charge on any atom is -0.508 e. The van der Waals surface area contributed by atoms with Crippen LogP contribution in [0.1, 0.15) is 11.1 Å². The first-order valence-electron chi connectivity index (χ1n) is 7.88. The van der Waals surface area contributed by atoms with E-state index >= 15 is 0 Å². The summed E-state index contributed by atoms with van der Waals surface area (Å²) in [5.41, 5.74) is 1.59. The van der Waals surface area contributed by atoms with E-state index in [4.69, 9.17) is 0 Å². The molecular weight excluding hydrogens is 373 g/mol. The summed E-state index contributed by atoms with van der Waals surface area (Å²) in [6, 6.07) is 14.6. The second-order valence-electron chi connectivity index (χ2n) is 5.99. The number of halogens is 1. The molecule has 0 atom stereocenters. The third-order valence-corrected chi connectivity index (χ3v) is 7.41. The van der Waals surface area contributed by atoms with Crippen molar-refractivity contribution < 1.29 is 17.9 Å². The maximum absolute atomic E-state index is 14.3. The van der Waals surface area contributed by atoms with Crippen molar-refractivity contribution in [3.05, 3.63) is 71.5 Å². The molecule has 1 N–H and O–H groups in total. The van der Waals surface area contributed by atoms with Crippen LogP contribution in [0.2, 0.25) is 0 Å².